The van der Waals surface area contributed by atoms with E-state index in [0.29, 0.717) is 17.7 Å². The van der Waals surface area contributed by atoms with Crippen molar-refractivity contribution >= 4 is 30.5 Å². The summed E-state index contributed by atoms with van der Waals surface area (Å²) in [5.41, 5.74) is 2.13. The fourth-order valence-corrected chi connectivity index (χ4v) is 7.83. The minimum Gasteiger partial charge on any atom is -0.399 e. The van der Waals surface area contributed by atoms with Crippen molar-refractivity contribution in [3.8, 4) is 0 Å². The van der Waals surface area contributed by atoms with Crippen LogP contribution in [0.15, 0.2) is 18.2 Å². The van der Waals surface area contributed by atoms with Gasteiger partial charge in [0, 0.05) is 17.6 Å². The van der Waals surface area contributed by atoms with Crippen molar-refractivity contribution in [2.24, 2.45) is 23.2 Å². The molecule has 1 amide bonds. The van der Waals surface area contributed by atoms with E-state index >= 15 is 0 Å². The summed E-state index contributed by atoms with van der Waals surface area (Å²) < 4.78 is 12.8. The number of hydrogen-bond donors (Lipinski definition) is 1. The van der Waals surface area contributed by atoms with Crippen LogP contribution in [0.4, 0.5) is 5.69 Å². The van der Waals surface area contributed by atoms with Crippen LogP contribution in [-0.4, -0.2) is 49.6 Å². The van der Waals surface area contributed by atoms with Crippen LogP contribution >= 0.6 is 0 Å². The van der Waals surface area contributed by atoms with Crippen LogP contribution in [0, 0.1) is 23.2 Å². The molecule has 4 fully saturated rings. The van der Waals surface area contributed by atoms with Crippen LogP contribution in [-0.2, 0) is 24.3 Å². The lowest BCUT2D eigenvalue weighted by atomic mass is 9.59. The first-order valence-electron chi connectivity index (χ1n) is 14.9. The summed E-state index contributed by atoms with van der Waals surface area (Å²) in [6.07, 6.45) is 8.27. The Morgan fingerprint density at radius 3 is 2.24 bits per heavy atom. The second kappa shape index (κ2) is 8.91. The average molecular weight is 521 g/mol. The van der Waals surface area contributed by atoms with Crippen LogP contribution in [0.25, 0.3) is 0 Å². The molecule has 2 atom stereocenters. The van der Waals surface area contributed by atoms with E-state index in [1.165, 1.54) is 18.3 Å². The number of carbonyl (C=O) groups excluding carboxylic acids is 2. The van der Waals surface area contributed by atoms with Crippen LogP contribution in [0.3, 0.4) is 0 Å². The number of nitrogens with zero attached hydrogens (tertiary/aromatic N) is 1. The molecule has 7 heteroatoms. The maximum absolute atomic E-state index is 14.3. The number of amides is 1. The summed E-state index contributed by atoms with van der Waals surface area (Å²) >= 11 is 0. The molecule has 5 aliphatic rings. The first kappa shape index (κ1) is 26.5. The highest BCUT2D eigenvalue weighted by molar-refractivity contribution is 6.62. The molecule has 2 saturated carbocycles. The van der Waals surface area contributed by atoms with Crippen molar-refractivity contribution in [3.05, 3.63) is 23.8 Å². The number of piperidine rings is 1. The Morgan fingerprint density at radius 1 is 0.947 bits per heavy atom. The molecule has 1 N–H and O–H groups in total. The highest BCUT2D eigenvalue weighted by Crippen LogP contribution is 2.54. The van der Waals surface area contributed by atoms with E-state index in [-0.39, 0.29) is 17.4 Å². The van der Waals surface area contributed by atoms with Crippen molar-refractivity contribution in [2.45, 2.75) is 109 Å². The van der Waals surface area contributed by atoms with Gasteiger partial charge in [0.25, 0.3) is 0 Å². The predicted octanol–water partition coefficient (Wildman–Crippen LogP) is 4.37. The Balaban J connectivity index is 1.27. The molecule has 3 aliphatic heterocycles. The monoisotopic (exact) mass is 520 g/mol. The second-order valence-corrected chi connectivity index (χ2v) is 14.5. The zero-order valence-electron chi connectivity index (χ0n) is 24.1. The zero-order chi connectivity index (χ0) is 27.1. The minimum atomic E-state index is -0.438. The topological polar surface area (TPSA) is 67.9 Å². The number of fused-ring (bicyclic) bond motifs is 2. The fourth-order valence-electron chi connectivity index (χ4n) is 7.83. The van der Waals surface area contributed by atoms with Crippen molar-refractivity contribution in [1.82, 2.24) is 5.32 Å². The number of carbonyl (C=O) groups is 2. The first-order valence-corrected chi connectivity index (χ1v) is 14.9. The molecule has 0 radical (unpaired) electrons. The molecular weight excluding hydrogens is 475 g/mol. The molecule has 1 spiro atoms. The largest absolute Gasteiger partial charge is 0.494 e. The Bertz CT molecular complexity index is 1100. The molecule has 6 nitrogen and oxygen atoms in total. The molecule has 2 saturated heterocycles. The van der Waals surface area contributed by atoms with E-state index in [9.17, 15) is 9.59 Å². The number of nitrogens with one attached hydrogen (secondary N) is 1. The van der Waals surface area contributed by atoms with E-state index in [0.717, 1.165) is 62.8 Å². The van der Waals surface area contributed by atoms with Crippen LogP contribution in [0.5, 0.6) is 0 Å². The fraction of sp³-hybridized carbons (Fsp3) is 0.742. The molecule has 1 aromatic carbocycles. The molecule has 2 unspecified atom stereocenters. The molecule has 0 aromatic heterocycles. The third-order valence-corrected chi connectivity index (χ3v) is 11.5. The van der Waals surface area contributed by atoms with E-state index in [1.54, 1.807) is 0 Å². The summed E-state index contributed by atoms with van der Waals surface area (Å²) in [5.74, 6) is 1.63. The Kier molecular flexibility index (Phi) is 6.22. The van der Waals surface area contributed by atoms with Gasteiger partial charge in [0.05, 0.1) is 16.6 Å². The highest BCUT2D eigenvalue weighted by atomic mass is 16.7. The van der Waals surface area contributed by atoms with Crippen molar-refractivity contribution < 1.29 is 18.9 Å². The van der Waals surface area contributed by atoms with Crippen molar-refractivity contribution in [2.75, 3.05) is 18.0 Å². The van der Waals surface area contributed by atoms with Gasteiger partial charge in [-0.05, 0) is 120 Å². The number of aldehydes is 1. The summed E-state index contributed by atoms with van der Waals surface area (Å²) in [7, 11) is -0.438. The maximum Gasteiger partial charge on any atom is 0.494 e. The van der Waals surface area contributed by atoms with Gasteiger partial charge in [0.15, 0.2) is 0 Å². The van der Waals surface area contributed by atoms with Gasteiger partial charge >= 0.3 is 7.12 Å². The maximum atomic E-state index is 14.3. The average Bonchev–Trinajstić information content (AvgIpc) is 3.20. The zero-order valence-corrected chi connectivity index (χ0v) is 24.1. The summed E-state index contributed by atoms with van der Waals surface area (Å²) in [5, 5.41) is 3.46. The standard InChI is InChI=1S/C31H45BN2O4/c1-28(2)10-9-20(15-22(28)19-35)21-16-24(17-21)34-26-18-23(32-37-29(3,4)30(5,6)38-32)7-8-25(26)31(27(34)36)11-13-33-14-12-31/h7-8,18-22,24,33H,9-17H2,1-6H3. The van der Waals surface area contributed by atoms with Crippen LogP contribution in [0.2, 0.25) is 0 Å². The first-order chi connectivity index (χ1) is 17.9. The number of hydrogen-bond acceptors (Lipinski definition) is 5. The Labute approximate surface area is 228 Å². The lowest BCUT2D eigenvalue weighted by Crippen LogP contribution is -2.54. The minimum absolute atomic E-state index is 0.108. The van der Waals surface area contributed by atoms with Gasteiger partial charge in [-0.15, -0.1) is 0 Å². The third-order valence-electron chi connectivity index (χ3n) is 11.5. The van der Waals surface area contributed by atoms with E-state index in [1.807, 2.05) is 0 Å². The third kappa shape index (κ3) is 3.94. The van der Waals surface area contributed by atoms with Crippen molar-refractivity contribution in [3.63, 3.8) is 0 Å². The number of benzene rings is 1. The number of anilines is 1. The lowest BCUT2D eigenvalue weighted by molar-refractivity contribution is -0.125. The molecule has 6 rings (SSSR count). The lowest BCUT2D eigenvalue weighted by Gasteiger charge is -2.49. The van der Waals surface area contributed by atoms with Crippen LogP contribution in [0.1, 0.15) is 92.1 Å². The van der Waals surface area contributed by atoms with Gasteiger partial charge in [-0.2, -0.15) is 0 Å². The van der Waals surface area contributed by atoms with Gasteiger partial charge in [-0.25, -0.2) is 0 Å². The van der Waals surface area contributed by atoms with E-state index in [4.69, 9.17) is 9.31 Å². The van der Waals surface area contributed by atoms with Crippen LogP contribution < -0.4 is 15.7 Å². The molecule has 1 aromatic rings. The summed E-state index contributed by atoms with van der Waals surface area (Å²) in [6.45, 7) is 14.5. The van der Waals surface area contributed by atoms with Gasteiger partial charge in [-0.3, -0.25) is 4.79 Å². The molecular formula is C31H45BN2O4. The SMILES string of the molecule is CC1(C)CCC(C2CC(N3C(=O)C4(CCNCC4)c4ccc(B5OC(C)(C)C(C)(C)O5)cc43)C2)CC1C=O. The normalized spacial score (nSPS) is 34.7. The van der Waals surface area contributed by atoms with Gasteiger partial charge in [-0.1, -0.05) is 26.0 Å². The molecule has 38 heavy (non-hydrogen) atoms. The highest BCUT2D eigenvalue weighted by Gasteiger charge is 2.57. The summed E-state index contributed by atoms with van der Waals surface area (Å²) in [4.78, 5) is 28.2. The van der Waals surface area contributed by atoms with Gasteiger partial charge < -0.3 is 24.3 Å². The smallest absolute Gasteiger partial charge is 0.399 e. The van der Waals surface area contributed by atoms with Crippen molar-refractivity contribution in [1.29, 1.82) is 0 Å². The Morgan fingerprint density at radius 2 is 1.61 bits per heavy atom. The van der Waals surface area contributed by atoms with Gasteiger partial charge in [0.1, 0.15) is 6.29 Å². The molecule has 206 valence electrons. The quantitative estimate of drug-likeness (QED) is 0.472. The predicted molar refractivity (Wildman–Crippen MR) is 151 cm³/mol. The molecule has 2 aliphatic carbocycles. The van der Waals surface area contributed by atoms with E-state index < -0.39 is 23.7 Å². The molecule has 3 heterocycles. The molecule has 0 bridgehead atoms. The second-order valence-electron chi connectivity index (χ2n) is 14.5. The van der Waals surface area contributed by atoms with Gasteiger partial charge in [0.2, 0.25) is 5.91 Å². The van der Waals surface area contributed by atoms with E-state index in [2.05, 4.69) is 70.0 Å². The summed E-state index contributed by atoms with van der Waals surface area (Å²) in [6, 6.07) is 6.73. The Hall–Kier alpha value is -1.70. The number of rotatable bonds is 4.